The Morgan fingerprint density at radius 2 is 0.986 bits per heavy atom. The van der Waals surface area contributed by atoms with Gasteiger partial charge in [-0.25, -0.2) is 15.0 Å². The third-order valence-electron chi connectivity index (χ3n) is 11.8. The Morgan fingerprint density at radius 1 is 0.473 bits per heavy atom. The first-order chi connectivity index (χ1) is 36.0. The van der Waals surface area contributed by atoms with Crippen LogP contribution in [0.2, 0.25) is 40.2 Å². The van der Waals surface area contributed by atoms with Crippen LogP contribution in [0.5, 0.6) is 0 Å². The lowest BCUT2D eigenvalue weighted by Crippen LogP contribution is -2.37. The van der Waals surface area contributed by atoms with E-state index in [1.54, 1.807) is 55.2 Å². The molecule has 0 radical (unpaired) electrons. The molecule has 16 heteroatoms. The number of imidazole rings is 3. The molecule has 2 atom stereocenters. The average Bonchev–Trinajstić information content (AvgIpc) is 4.25. The molecule has 0 saturated heterocycles. The van der Waals surface area contributed by atoms with Crippen molar-refractivity contribution in [2.45, 2.75) is 42.3 Å². The third-order valence-corrected chi connectivity index (χ3v) is 15.4. The SMILES string of the molecule is Clc1ccc(COC(Cn2ccnc2)c2ccc(Cl)cc2Cl)c(Cl)c1.Clc1ccc(CSC(Cn2ccnc2)c2ccc(Cl)cc2Cl)cc1.Clc1ccccc1C(c1ccccc1)(c1ccccc1)n1ccnc1. The molecule has 7 aromatic carbocycles. The average molecular weight is 1160 g/mol. The first-order valence-corrected chi connectivity index (χ1v) is 27.1. The Labute approximate surface area is 475 Å². The number of rotatable bonds is 16. The van der Waals surface area contributed by atoms with E-state index < -0.39 is 5.54 Å². The smallest absolute Gasteiger partial charge is 0.123 e. The quantitative estimate of drug-likeness (QED) is 0.0902. The zero-order chi connectivity index (χ0) is 51.9. The van der Waals surface area contributed by atoms with E-state index in [0.717, 1.165) is 55.7 Å². The highest BCUT2D eigenvalue weighted by Gasteiger charge is 2.39. The summed E-state index contributed by atoms with van der Waals surface area (Å²) < 4.78 is 12.2. The van der Waals surface area contributed by atoms with Gasteiger partial charge < -0.3 is 18.4 Å². The zero-order valence-corrected chi connectivity index (χ0v) is 46.2. The van der Waals surface area contributed by atoms with E-state index >= 15 is 0 Å². The summed E-state index contributed by atoms with van der Waals surface area (Å²) in [4.78, 5) is 12.5. The highest BCUT2D eigenvalue weighted by molar-refractivity contribution is 7.98. The number of nitrogens with zero attached hydrogens (tertiary/aromatic N) is 6. The fourth-order valence-electron chi connectivity index (χ4n) is 8.27. The molecule has 3 heterocycles. The minimum Gasteiger partial charge on any atom is -0.367 e. The van der Waals surface area contributed by atoms with Gasteiger partial charge in [-0.15, -0.1) is 11.8 Å². The van der Waals surface area contributed by atoms with Crippen LogP contribution < -0.4 is 0 Å². The van der Waals surface area contributed by atoms with Gasteiger partial charge in [-0.3, -0.25) is 0 Å². The van der Waals surface area contributed by atoms with Gasteiger partial charge in [-0.2, -0.15) is 0 Å². The molecule has 376 valence electrons. The highest BCUT2D eigenvalue weighted by Crippen LogP contribution is 2.44. The van der Waals surface area contributed by atoms with Crippen LogP contribution in [0.15, 0.2) is 220 Å². The second-order valence-electron chi connectivity index (χ2n) is 16.7. The molecule has 0 aliphatic rings. The summed E-state index contributed by atoms with van der Waals surface area (Å²) >= 11 is 51.5. The van der Waals surface area contributed by atoms with Crippen molar-refractivity contribution in [2.75, 3.05) is 0 Å². The topological polar surface area (TPSA) is 62.7 Å². The van der Waals surface area contributed by atoms with Gasteiger partial charge in [0.05, 0.1) is 32.1 Å². The van der Waals surface area contributed by atoms with E-state index in [2.05, 4.69) is 78.7 Å². The van der Waals surface area contributed by atoms with Crippen molar-refractivity contribution in [3.05, 3.63) is 299 Å². The molecule has 10 aromatic rings. The molecule has 0 fully saturated rings. The fraction of sp³-hybridized carbons (Fsp3) is 0.121. The van der Waals surface area contributed by atoms with Gasteiger partial charge >= 0.3 is 0 Å². The normalized spacial score (nSPS) is 12.0. The fourth-order valence-corrected chi connectivity index (χ4v) is 11.5. The van der Waals surface area contributed by atoms with Crippen LogP contribution in [-0.2, 0) is 35.7 Å². The number of halogens is 8. The molecule has 0 aliphatic carbocycles. The van der Waals surface area contributed by atoms with Gasteiger partial charge in [0.15, 0.2) is 0 Å². The summed E-state index contributed by atoms with van der Waals surface area (Å²) in [5.74, 6) is 0.871. The van der Waals surface area contributed by atoms with Crippen molar-refractivity contribution < 1.29 is 4.74 Å². The van der Waals surface area contributed by atoms with E-state index in [9.17, 15) is 0 Å². The highest BCUT2D eigenvalue weighted by atomic mass is 35.5. The van der Waals surface area contributed by atoms with Crippen LogP contribution in [0.4, 0.5) is 0 Å². The van der Waals surface area contributed by atoms with Crippen molar-refractivity contribution in [1.29, 1.82) is 0 Å². The second kappa shape index (κ2) is 27.0. The van der Waals surface area contributed by atoms with Crippen molar-refractivity contribution in [2.24, 2.45) is 0 Å². The van der Waals surface area contributed by atoms with Crippen molar-refractivity contribution >= 4 is 105 Å². The Bertz CT molecular complexity index is 3250. The number of thioether (sulfide) groups is 1. The molecular weight excluding hydrogens is 1110 g/mol. The van der Waals surface area contributed by atoms with Gasteiger partial charge in [0.1, 0.15) is 11.6 Å². The lowest BCUT2D eigenvalue weighted by Gasteiger charge is -2.37. The van der Waals surface area contributed by atoms with E-state index in [0.29, 0.717) is 43.3 Å². The summed E-state index contributed by atoms with van der Waals surface area (Å²) in [5, 5.41) is 5.29. The lowest BCUT2D eigenvalue weighted by atomic mass is 9.76. The van der Waals surface area contributed by atoms with E-state index in [1.807, 2.05) is 126 Å². The number of hydrogen-bond acceptors (Lipinski definition) is 5. The predicted octanol–water partition coefficient (Wildman–Crippen LogP) is 18.3. The molecule has 7 nitrogen and oxygen atoms in total. The second-order valence-corrected chi connectivity index (χ2v) is 21.3. The summed E-state index contributed by atoms with van der Waals surface area (Å²) in [6.45, 7) is 1.68. The summed E-state index contributed by atoms with van der Waals surface area (Å²) in [6.07, 6.45) is 16.2. The molecule has 0 amide bonds. The Hall–Kier alpha value is -5.20. The Balaban J connectivity index is 0.000000148. The molecular formula is C58H46Cl8N6OS. The summed E-state index contributed by atoms with van der Waals surface area (Å²) in [7, 11) is 0. The molecule has 0 saturated carbocycles. The van der Waals surface area contributed by atoms with Crippen LogP contribution in [0, 0.1) is 0 Å². The maximum atomic E-state index is 6.69. The molecule has 0 aliphatic heterocycles. The molecule has 0 spiro atoms. The Morgan fingerprint density at radius 3 is 1.53 bits per heavy atom. The number of benzene rings is 7. The van der Waals surface area contributed by atoms with E-state index in [-0.39, 0.29) is 11.4 Å². The monoisotopic (exact) mass is 1150 g/mol. The van der Waals surface area contributed by atoms with Crippen molar-refractivity contribution in [1.82, 2.24) is 28.7 Å². The van der Waals surface area contributed by atoms with E-state index in [1.165, 1.54) is 5.56 Å². The molecule has 2 unspecified atom stereocenters. The summed E-state index contributed by atoms with van der Waals surface area (Å²) in [6, 6.07) is 53.1. The zero-order valence-electron chi connectivity index (χ0n) is 39.3. The van der Waals surface area contributed by atoms with Crippen LogP contribution >= 0.6 is 105 Å². The van der Waals surface area contributed by atoms with Crippen molar-refractivity contribution in [3.8, 4) is 0 Å². The molecule has 0 N–H and O–H groups in total. The lowest BCUT2D eigenvalue weighted by molar-refractivity contribution is 0.0281. The molecule has 3 aromatic heterocycles. The van der Waals surface area contributed by atoms with Crippen LogP contribution in [0.1, 0.15) is 50.3 Å². The van der Waals surface area contributed by atoms with Crippen LogP contribution in [0.3, 0.4) is 0 Å². The molecule has 10 rings (SSSR count). The van der Waals surface area contributed by atoms with Gasteiger partial charge in [0.25, 0.3) is 0 Å². The summed E-state index contributed by atoms with van der Waals surface area (Å²) in [5.41, 5.74) is 6.71. The van der Waals surface area contributed by atoms with Crippen LogP contribution in [-0.4, -0.2) is 28.7 Å². The number of aromatic nitrogens is 6. The first-order valence-electron chi connectivity index (χ1n) is 23.1. The first kappa shape index (κ1) is 55.0. The molecule has 74 heavy (non-hydrogen) atoms. The predicted molar refractivity (Wildman–Crippen MR) is 309 cm³/mol. The van der Waals surface area contributed by atoms with Gasteiger partial charge in [-0.1, -0.05) is 202 Å². The van der Waals surface area contributed by atoms with E-state index in [4.69, 9.17) is 97.5 Å². The third kappa shape index (κ3) is 14.4. The van der Waals surface area contributed by atoms with Gasteiger partial charge in [0.2, 0.25) is 0 Å². The largest absolute Gasteiger partial charge is 0.367 e. The standard InChI is InChI=1S/C22H17ClN2.C18H14Cl4N2O.C18H15Cl3N2S/c23-21-14-8-7-13-20(21)22(25-16-15-24-17-25,18-9-3-1-4-10-18)19-11-5-2-6-12-19;19-13-2-1-12(16(21)7-13)10-25-18(9-24-6-5-23-11-24)15-4-3-14(20)8-17(15)22;19-14-3-1-13(2-4-14)11-24-18(10-23-8-7-22-12-23)16-6-5-15(20)9-17(16)21/h1-17H;1-8,11,18H,9-10H2;1-9,12,18H,10-11H2. The minimum atomic E-state index is -0.586. The van der Waals surface area contributed by atoms with Crippen molar-refractivity contribution in [3.63, 3.8) is 0 Å². The maximum absolute atomic E-state index is 6.69. The van der Waals surface area contributed by atoms with Gasteiger partial charge in [-0.05, 0) is 82.4 Å². The van der Waals surface area contributed by atoms with Gasteiger partial charge in [0, 0.05) is 106 Å². The minimum absolute atomic E-state index is 0.194. The number of hydrogen-bond donors (Lipinski definition) is 0. The Kier molecular flexibility index (Phi) is 20.1. The molecule has 0 bridgehead atoms. The number of ether oxygens (including phenoxy) is 1. The van der Waals surface area contributed by atoms with Crippen LogP contribution in [0.25, 0.3) is 0 Å². The maximum Gasteiger partial charge on any atom is 0.123 e.